The van der Waals surface area contributed by atoms with Crippen molar-refractivity contribution in [2.45, 2.75) is 57.8 Å². The molecule has 41 heavy (non-hydrogen) atoms. The van der Waals surface area contributed by atoms with Crippen LogP contribution in [0.15, 0.2) is 47.0 Å². The quantitative estimate of drug-likeness (QED) is 0.264. The molecule has 0 spiro atoms. The van der Waals surface area contributed by atoms with Crippen LogP contribution in [0.5, 0.6) is 0 Å². The number of benzene rings is 1. The van der Waals surface area contributed by atoms with Crippen molar-refractivity contribution in [2.24, 2.45) is 0 Å². The zero-order chi connectivity index (χ0) is 28.5. The molecule has 0 bridgehead atoms. The fourth-order valence-corrected chi connectivity index (χ4v) is 6.50. The number of nitrogens with zero attached hydrogens (tertiary/aromatic N) is 3. The maximum Gasteiger partial charge on any atom is 0.338 e. The predicted octanol–water partition coefficient (Wildman–Crippen LogP) is 5.61. The summed E-state index contributed by atoms with van der Waals surface area (Å²) in [6, 6.07) is 13.4. The molecule has 2 aliphatic heterocycles. The van der Waals surface area contributed by atoms with Gasteiger partial charge in [0.2, 0.25) is 0 Å². The van der Waals surface area contributed by atoms with Crippen LogP contribution in [-0.4, -0.2) is 71.0 Å². The van der Waals surface area contributed by atoms with Crippen molar-refractivity contribution in [3.63, 3.8) is 0 Å². The van der Waals surface area contributed by atoms with Gasteiger partial charge < -0.3 is 28.8 Å². The van der Waals surface area contributed by atoms with Gasteiger partial charge in [-0.2, -0.15) is 0 Å². The van der Waals surface area contributed by atoms with E-state index in [1.54, 1.807) is 12.1 Å². The molecule has 1 N–H and O–H groups in total. The van der Waals surface area contributed by atoms with E-state index in [2.05, 4.69) is 29.2 Å². The highest BCUT2D eigenvalue weighted by Crippen LogP contribution is 2.32. The third-order valence-corrected chi connectivity index (χ3v) is 9.07. The number of fused-ring (bicyclic) bond motifs is 1. The van der Waals surface area contributed by atoms with E-state index in [9.17, 15) is 9.59 Å². The molecule has 2 fully saturated rings. The number of esters is 1. The second-order valence-electron chi connectivity index (χ2n) is 10.9. The SMILES string of the molecule is CC(C)N1CCC(NC(=O)c2cc3cc(C(=O)OC4CCOC4)ccc3n2Cc2cc(-c3ccc(Cl)s3)on2)CC1. The lowest BCUT2D eigenvalue weighted by molar-refractivity contribution is 0.0270. The molecule has 9 nitrogen and oxygen atoms in total. The summed E-state index contributed by atoms with van der Waals surface area (Å²) in [4.78, 5) is 29.8. The van der Waals surface area contributed by atoms with Gasteiger partial charge in [-0.3, -0.25) is 4.79 Å². The Kier molecular flexibility index (Phi) is 8.16. The Morgan fingerprint density at radius 1 is 1.15 bits per heavy atom. The van der Waals surface area contributed by atoms with Gasteiger partial charge in [0.15, 0.2) is 5.76 Å². The zero-order valence-electron chi connectivity index (χ0n) is 23.1. The summed E-state index contributed by atoms with van der Waals surface area (Å²) in [5.41, 5.74) is 2.43. The number of carbonyl (C=O) groups excluding carboxylic acids is 2. The minimum Gasteiger partial charge on any atom is -0.456 e. The van der Waals surface area contributed by atoms with E-state index < -0.39 is 5.97 Å². The van der Waals surface area contributed by atoms with Crippen LogP contribution in [0.4, 0.5) is 0 Å². The van der Waals surface area contributed by atoms with Crippen molar-refractivity contribution in [3.05, 3.63) is 63.8 Å². The van der Waals surface area contributed by atoms with Crippen LogP contribution in [0.25, 0.3) is 21.5 Å². The second-order valence-corrected chi connectivity index (χ2v) is 12.7. The van der Waals surface area contributed by atoms with E-state index in [-0.39, 0.29) is 18.1 Å². The Bertz CT molecular complexity index is 1550. The molecular weight excluding hydrogens is 564 g/mol. The van der Waals surface area contributed by atoms with Crippen molar-refractivity contribution >= 4 is 45.7 Å². The van der Waals surface area contributed by atoms with Crippen LogP contribution in [0.1, 0.15) is 59.7 Å². The number of hydrogen-bond donors (Lipinski definition) is 1. The number of ether oxygens (including phenoxy) is 2. The Labute approximate surface area is 247 Å². The van der Waals surface area contributed by atoms with Crippen LogP contribution in [0.2, 0.25) is 4.34 Å². The lowest BCUT2D eigenvalue weighted by atomic mass is 10.0. The van der Waals surface area contributed by atoms with Crippen molar-refractivity contribution in [2.75, 3.05) is 26.3 Å². The Morgan fingerprint density at radius 2 is 1.98 bits per heavy atom. The summed E-state index contributed by atoms with van der Waals surface area (Å²) in [6.45, 7) is 7.65. The van der Waals surface area contributed by atoms with Crippen LogP contribution in [0, 0.1) is 0 Å². The number of nitrogens with one attached hydrogen (secondary N) is 1. The summed E-state index contributed by atoms with van der Waals surface area (Å²) in [7, 11) is 0. The van der Waals surface area contributed by atoms with Gasteiger partial charge in [0.1, 0.15) is 17.5 Å². The molecule has 2 saturated heterocycles. The highest BCUT2D eigenvalue weighted by atomic mass is 35.5. The first-order valence-electron chi connectivity index (χ1n) is 14.0. The van der Waals surface area contributed by atoms with Crippen LogP contribution in [0.3, 0.4) is 0 Å². The van der Waals surface area contributed by atoms with Gasteiger partial charge >= 0.3 is 5.97 Å². The number of amides is 1. The molecule has 0 radical (unpaired) electrons. The maximum absolute atomic E-state index is 13.7. The molecule has 216 valence electrons. The molecule has 1 unspecified atom stereocenters. The smallest absolute Gasteiger partial charge is 0.338 e. The van der Waals surface area contributed by atoms with Crippen LogP contribution < -0.4 is 5.32 Å². The van der Waals surface area contributed by atoms with Crippen molar-refractivity contribution in [1.82, 2.24) is 19.9 Å². The average molecular weight is 597 g/mol. The molecule has 2 aliphatic rings. The fourth-order valence-electron chi connectivity index (χ4n) is 5.51. The van der Waals surface area contributed by atoms with E-state index in [4.69, 9.17) is 25.6 Å². The number of likely N-dealkylation sites (tertiary alicyclic amines) is 1. The van der Waals surface area contributed by atoms with Gasteiger partial charge in [-0.15, -0.1) is 11.3 Å². The zero-order valence-corrected chi connectivity index (χ0v) is 24.7. The van der Waals surface area contributed by atoms with E-state index >= 15 is 0 Å². The van der Waals surface area contributed by atoms with Gasteiger partial charge in [0, 0.05) is 48.6 Å². The maximum atomic E-state index is 13.7. The Balaban J connectivity index is 1.28. The number of thiophene rings is 1. The highest BCUT2D eigenvalue weighted by Gasteiger charge is 2.26. The Morgan fingerprint density at radius 3 is 2.68 bits per heavy atom. The molecule has 1 atom stereocenters. The average Bonchev–Trinajstić information content (AvgIpc) is 3.77. The monoisotopic (exact) mass is 596 g/mol. The lowest BCUT2D eigenvalue weighted by Gasteiger charge is -2.34. The number of aromatic nitrogens is 2. The third kappa shape index (κ3) is 6.21. The number of hydrogen-bond acceptors (Lipinski definition) is 8. The van der Waals surface area contributed by atoms with Crippen LogP contribution in [-0.2, 0) is 16.0 Å². The molecule has 4 aromatic rings. The molecule has 5 heterocycles. The first kappa shape index (κ1) is 28.0. The molecule has 1 amide bonds. The summed E-state index contributed by atoms with van der Waals surface area (Å²) in [6.07, 6.45) is 2.27. The number of piperidine rings is 1. The molecular formula is C30H33ClN4O5S. The van der Waals surface area contributed by atoms with Gasteiger partial charge in [0.25, 0.3) is 5.91 Å². The summed E-state index contributed by atoms with van der Waals surface area (Å²) in [5, 5.41) is 8.30. The van der Waals surface area contributed by atoms with Crippen LogP contribution >= 0.6 is 22.9 Å². The minimum absolute atomic E-state index is 0.102. The number of rotatable bonds is 8. The van der Waals surface area contributed by atoms with Gasteiger partial charge in [-0.05, 0) is 63.1 Å². The lowest BCUT2D eigenvalue weighted by Crippen LogP contribution is -2.46. The second kappa shape index (κ2) is 12.0. The predicted molar refractivity (Wildman–Crippen MR) is 158 cm³/mol. The van der Waals surface area contributed by atoms with Gasteiger partial charge in [0.05, 0.1) is 34.5 Å². The van der Waals surface area contributed by atoms with E-state index in [0.717, 1.165) is 41.7 Å². The highest BCUT2D eigenvalue weighted by molar-refractivity contribution is 7.19. The van der Waals surface area contributed by atoms with E-state index in [1.807, 2.05) is 34.9 Å². The molecule has 11 heteroatoms. The first-order chi connectivity index (χ1) is 19.8. The van der Waals surface area contributed by atoms with E-state index in [0.29, 0.717) is 59.3 Å². The molecule has 0 saturated carbocycles. The summed E-state index contributed by atoms with van der Waals surface area (Å²) in [5.74, 6) is 0.0798. The van der Waals surface area contributed by atoms with Gasteiger partial charge in [-0.25, -0.2) is 4.79 Å². The normalized spacial score (nSPS) is 18.4. The molecule has 0 aliphatic carbocycles. The molecule has 6 rings (SSSR count). The fraction of sp³-hybridized carbons (Fsp3) is 0.433. The first-order valence-corrected chi connectivity index (χ1v) is 15.2. The topological polar surface area (TPSA) is 98.8 Å². The number of halogens is 1. The molecule has 3 aromatic heterocycles. The molecule has 1 aromatic carbocycles. The standard InChI is InChI=1S/C30H33ClN4O5S/c1-18(2)34-10-7-21(8-11-34)32-29(36)25-14-20-13-19(30(37)39-23-9-12-38-17-23)3-4-24(20)35(25)16-22-15-26(40-33-22)27-5-6-28(31)41-27/h3-6,13-15,18,21,23H,7-12,16-17H2,1-2H3,(H,32,36). The van der Waals surface area contributed by atoms with E-state index in [1.165, 1.54) is 11.3 Å². The van der Waals surface area contributed by atoms with Crippen molar-refractivity contribution in [1.29, 1.82) is 0 Å². The van der Waals surface area contributed by atoms with Crippen molar-refractivity contribution in [3.8, 4) is 10.6 Å². The summed E-state index contributed by atoms with van der Waals surface area (Å²) >= 11 is 7.52. The van der Waals surface area contributed by atoms with Gasteiger partial charge in [-0.1, -0.05) is 16.8 Å². The largest absolute Gasteiger partial charge is 0.456 e. The third-order valence-electron chi connectivity index (χ3n) is 7.82. The van der Waals surface area contributed by atoms with Crippen molar-refractivity contribution < 1.29 is 23.6 Å². The minimum atomic E-state index is -0.395. The number of carbonyl (C=O) groups is 2. The summed E-state index contributed by atoms with van der Waals surface area (Å²) < 4.78 is 19.1. The Hall–Kier alpha value is -3.18.